The van der Waals surface area contributed by atoms with Gasteiger partial charge in [0.1, 0.15) is 5.75 Å². The summed E-state index contributed by atoms with van der Waals surface area (Å²) in [6.07, 6.45) is 0. The van der Waals surface area contributed by atoms with Crippen LogP contribution in [-0.4, -0.2) is 49.5 Å². The maximum Gasteiger partial charge on any atom is 0.262 e. The minimum absolute atomic E-state index is 0.0741. The zero-order valence-electron chi connectivity index (χ0n) is 17.0. The van der Waals surface area contributed by atoms with Gasteiger partial charge in [-0.15, -0.1) is 0 Å². The molecule has 154 valence electrons. The molecule has 2 aromatic carbocycles. The fourth-order valence-electron chi connectivity index (χ4n) is 3.47. The van der Waals surface area contributed by atoms with Gasteiger partial charge in [-0.1, -0.05) is 17.7 Å². The van der Waals surface area contributed by atoms with Crippen LogP contribution in [0.5, 0.6) is 5.75 Å². The number of ether oxygens (including phenoxy) is 1. The number of carbonyl (C=O) groups is 2. The molecule has 0 unspecified atom stereocenters. The Balaban J connectivity index is 1.56. The highest BCUT2D eigenvalue weighted by molar-refractivity contribution is 6.33. The Hall–Kier alpha value is -2.73. The molecule has 0 saturated carbocycles. The molecule has 3 rings (SSSR count). The van der Waals surface area contributed by atoms with Gasteiger partial charge in [-0.25, -0.2) is 0 Å². The molecule has 1 N–H and O–H groups in total. The SMILES string of the molecule is CC(=O)N1CCN(c2ccc(NC(=O)COc3cc(C)cc(C)c3)cc2Cl)CC1. The predicted octanol–water partition coefficient (Wildman–Crippen LogP) is 3.64. The second-order valence-corrected chi connectivity index (χ2v) is 7.73. The molecule has 1 aliphatic rings. The number of carbonyl (C=O) groups excluding carboxylic acids is 2. The summed E-state index contributed by atoms with van der Waals surface area (Å²) in [6, 6.07) is 11.3. The highest BCUT2D eigenvalue weighted by Gasteiger charge is 2.20. The normalized spacial score (nSPS) is 13.9. The zero-order valence-corrected chi connectivity index (χ0v) is 17.8. The van der Waals surface area contributed by atoms with Gasteiger partial charge in [0.25, 0.3) is 5.91 Å². The molecule has 0 radical (unpaired) electrons. The van der Waals surface area contributed by atoms with Crippen LogP contribution in [0.2, 0.25) is 5.02 Å². The summed E-state index contributed by atoms with van der Waals surface area (Å²) in [6.45, 7) is 8.31. The quantitative estimate of drug-likeness (QED) is 0.809. The molecule has 1 aliphatic heterocycles. The van der Waals surface area contributed by atoms with E-state index in [1.807, 2.05) is 43.0 Å². The molecule has 0 aromatic heterocycles. The second-order valence-electron chi connectivity index (χ2n) is 7.32. The van der Waals surface area contributed by atoms with Gasteiger partial charge in [-0.3, -0.25) is 9.59 Å². The van der Waals surface area contributed by atoms with Crippen LogP contribution in [0.25, 0.3) is 0 Å². The minimum atomic E-state index is -0.247. The third kappa shape index (κ3) is 5.64. The third-order valence-corrected chi connectivity index (χ3v) is 5.16. The number of amides is 2. The molecule has 1 heterocycles. The van der Waals surface area contributed by atoms with Crippen LogP contribution in [0, 0.1) is 13.8 Å². The lowest BCUT2D eigenvalue weighted by Gasteiger charge is -2.36. The number of benzene rings is 2. The number of halogens is 1. The number of aryl methyl sites for hydroxylation is 2. The summed E-state index contributed by atoms with van der Waals surface area (Å²) in [5, 5.41) is 3.38. The standard InChI is InChI=1S/C22H26ClN3O3/c1-15-10-16(2)12-19(11-15)29-14-22(28)24-18-4-5-21(20(23)13-18)26-8-6-25(7-9-26)17(3)27/h4-5,10-13H,6-9,14H2,1-3H3,(H,24,28). The summed E-state index contributed by atoms with van der Waals surface area (Å²) < 4.78 is 5.59. The van der Waals surface area contributed by atoms with E-state index in [9.17, 15) is 9.59 Å². The first-order valence-electron chi connectivity index (χ1n) is 9.63. The highest BCUT2D eigenvalue weighted by atomic mass is 35.5. The molecule has 6 nitrogen and oxygen atoms in total. The minimum Gasteiger partial charge on any atom is -0.484 e. The second kappa shape index (κ2) is 9.18. The number of piperazine rings is 1. The first-order valence-corrected chi connectivity index (χ1v) is 10.0. The Morgan fingerprint density at radius 2 is 1.69 bits per heavy atom. The van der Waals surface area contributed by atoms with Crippen molar-refractivity contribution in [3.05, 3.63) is 52.5 Å². The molecule has 7 heteroatoms. The van der Waals surface area contributed by atoms with E-state index in [0.717, 1.165) is 29.9 Å². The van der Waals surface area contributed by atoms with Gasteiger partial charge in [-0.2, -0.15) is 0 Å². The summed E-state index contributed by atoms with van der Waals surface area (Å²) in [7, 11) is 0. The lowest BCUT2D eigenvalue weighted by atomic mass is 10.1. The number of rotatable bonds is 5. The van der Waals surface area contributed by atoms with Gasteiger partial charge in [0.05, 0.1) is 10.7 Å². The fraction of sp³-hybridized carbons (Fsp3) is 0.364. The van der Waals surface area contributed by atoms with E-state index < -0.39 is 0 Å². The molecule has 29 heavy (non-hydrogen) atoms. The Kier molecular flexibility index (Phi) is 6.64. The summed E-state index contributed by atoms with van der Waals surface area (Å²) >= 11 is 6.45. The highest BCUT2D eigenvalue weighted by Crippen LogP contribution is 2.29. The lowest BCUT2D eigenvalue weighted by molar-refractivity contribution is -0.129. The molecular formula is C22H26ClN3O3. The van der Waals surface area contributed by atoms with Crippen LogP contribution >= 0.6 is 11.6 Å². The summed E-state index contributed by atoms with van der Waals surface area (Å²) in [5.74, 6) is 0.524. The van der Waals surface area contributed by atoms with E-state index in [1.165, 1.54) is 0 Å². The molecule has 0 spiro atoms. The van der Waals surface area contributed by atoms with Crippen LogP contribution in [-0.2, 0) is 9.59 Å². The molecule has 2 amide bonds. The van der Waals surface area contributed by atoms with Crippen LogP contribution in [0.15, 0.2) is 36.4 Å². The summed E-state index contributed by atoms with van der Waals surface area (Å²) in [5.41, 5.74) is 3.70. The van der Waals surface area contributed by atoms with Crippen LogP contribution in [0.4, 0.5) is 11.4 Å². The first kappa shape index (κ1) is 21.0. The fourth-order valence-corrected chi connectivity index (χ4v) is 3.77. The predicted molar refractivity (Wildman–Crippen MR) is 116 cm³/mol. The van der Waals surface area contributed by atoms with Crippen molar-refractivity contribution in [3.63, 3.8) is 0 Å². The lowest BCUT2D eigenvalue weighted by Crippen LogP contribution is -2.48. The Morgan fingerprint density at radius 1 is 1.03 bits per heavy atom. The van der Waals surface area contributed by atoms with Crippen LogP contribution < -0.4 is 15.0 Å². The van der Waals surface area contributed by atoms with E-state index >= 15 is 0 Å². The Morgan fingerprint density at radius 3 is 2.28 bits per heavy atom. The molecule has 0 atom stereocenters. The Labute approximate surface area is 176 Å². The number of hydrogen-bond acceptors (Lipinski definition) is 4. The molecular weight excluding hydrogens is 390 g/mol. The van der Waals surface area contributed by atoms with Crippen molar-refractivity contribution in [2.24, 2.45) is 0 Å². The van der Waals surface area contributed by atoms with Gasteiger partial charge >= 0.3 is 0 Å². The van der Waals surface area contributed by atoms with Crippen molar-refractivity contribution < 1.29 is 14.3 Å². The van der Waals surface area contributed by atoms with Crippen molar-refractivity contribution in [1.82, 2.24) is 4.90 Å². The van der Waals surface area contributed by atoms with E-state index in [4.69, 9.17) is 16.3 Å². The summed E-state index contributed by atoms with van der Waals surface area (Å²) in [4.78, 5) is 27.7. The molecule has 0 bridgehead atoms. The van der Waals surface area contributed by atoms with Crippen molar-refractivity contribution in [3.8, 4) is 5.75 Å². The zero-order chi connectivity index (χ0) is 21.0. The van der Waals surface area contributed by atoms with Gasteiger partial charge in [0.2, 0.25) is 5.91 Å². The van der Waals surface area contributed by atoms with E-state index in [2.05, 4.69) is 16.3 Å². The van der Waals surface area contributed by atoms with Crippen LogP contribution in [0.1, 0.15) is 18.1 Å². The maximum atomic E-state index is 12.2. The first-order chi connectivity index (χ1) is 13.8. The smallest absolute Gasteiger partial charge is 0.262 e. The van der Waals surface area contributed by atoms with Crippen molar-refractivity contribution in [1.29, 1.82) is 0 Å². The molecule has 1 fully saturated rings. The average Bonchev–Trinajstić information content (AvgIpc) is 2.66. The largest absolute Gasteiger partial charge is 0.484 e. The van der Waals surface area contributed by atoms with E-state index in [0.29, 0.717) is 29.5 Å². The monoisotopic (exact) mass is 415 g/mol. The van der Waals surface area contributed by atoms with E-state index in [-0.39, 0.29) is 18.4 Å². The maximum absolute atomic E-state index is 12.2. The molecule has 1 saturated heterocycles. The molecule has 2 aromatic rings. The topological polar surface area (TPSA) is 61.9 Å². The van der Waals surface area contributed by atoms with E-state index in [1.54, 1.807) is 13.0 Å². The van der Waals surface area contributed by atoms with Gasteiger partial charge < -0.3 is 19.9 Å². The number of nitrogens with one attached hydrogen (secondary N) is 1. The van der Waals surface area contributed by atoms with Crippen molar-refractivity contribution >= 4 is 34.8 Å². The number of hydrogen-bond donors (Lipinski definition) is 1. The van der Waals surface area contributed by atoms with Gasteiger partial charge in [0.15, 0.2) is 6.61 Å². The van der Waals surface area contributed by atoms with Crippen molar-refractivity contribution in [2.45, 2.75) is 20.8 Å². The van der Waals surface area contributed by atoms with Crippen molar-refractivity contribution in [2.75, 3.05) is 43.0 Å². The number of anilines is 2. The third-order valence-electron chi connectivity index (χ3n) is 4.86. The Bertz CT molecular complexity index is 888. The van der Waals surface area contributed by atoms with Gasteiger partial charge in [-0.05, 0) is 55.3 Å². The number of nitrogens with zero attached hydrogens (tertiary/aromatic N) is 2. The average molecular weight is 416 g/mol. The van der Waals surface area contributed by atoms with Crippen LogP contribution in [0.3, 0.4) is 0 Å². The molecule has 0 aliphatic carbocycles. The van der Waals surface area contributed by atoms with Gasteiger partial charge in [0, 0.05) is 38.8 Å².